The number of aliphatic carboxylic acids is 1. The van der Waals surface area contributed by atoms with Gasteiger partial charge in [0.05, 0.1) is 0 Å². The topological polar surface area (TPSA) is 107 Å². The van der Waals surface area contributed by atoms with Gasteiger partial charge in [0.15, 0.2) is 0 Å². The maximum Gasteiger partial charge on any atom is 0.408 e. The number of amides is 1. The van der Waals surface area contributed by atoms with Crippen LogP contribution in [0.3, 0.4) is 0 Å². The number of nitrogens with one attached hydrogen (secondary N) is 1. The summed E-state index contributed by atoms with van der Waals surface area (Å²) in [5.41, 5.74) is -0.912. The van der Waals surface area contributed by atoms with Gasteiger partial charge in [0.2, 0.25) is 0 Å². The molecule has 6 heteroatoms. The van der Waals surface area contributed by atoms with Gasteiger partial charge in [0, 0.05) is 1.37 Å². The van der Waals surface area contributed by atoms with Gasteiger partial charge in [-0.05, 0) is 33.1 Å². The third-order valence-electron chi connectivity index (χ3n) is 1.67. The standard InChI is InChI=1S/C11H21NO4.H2O/c1-7(2)6-8(9(13)14)12-10(15)16-11(3,4)5;/h7-8H,6H2,1-5H3,(H,12,15)(H,13,14);1H2/t8-;/m0./s1/i3D;. The first-order valence-corrected chi connectivity index (χ1v) is 5.19. The maximum absolute atomic E-state index is 11.4. The molecule has 0 fully saturated rings. The lowest BCUT2D eigenvalue weighted by Gasteiger charge is -2.22. The minimum Gasteiger partial charge on any atom is -0.480 e. The Kier molecular flexibility index (Phi) is 6.57. The van der Waals surface area contributed by atoms with Crippen LogP contribution in [-0.2, 0) is 9.53 Å². The SMILES string of the molecule is O.[2H]CC(C)(C)OC(=O)N[C@@H](CC(C)C)C(=O)O. The molecule has 0 aliphatic heterocycles. The Bertz CT molecular complexity index is 281. The maximum atomic E-state index is 11.4. The van der Waals surface area contributed by atoms with Crippen molar-refractivity contribution in [2.24, 2.45) is 5.92 Å². The largest absolute Gasteiger partial charge is 0.480 e. The molecule has 102 valence electrons. The molecule has 0 saturated heterocycles. The molecule has 4 N–H and O–H groups in total. The third kappa shape index (κ3) is 9.62. The second kappa shape index (κ2) is 7.11. The first kappa shape index (κ1) is 15.7. The molecule has 0 aliphatic carbocycles. The monoisotopic (exact) mass is 250 g/mol. The molecule has 17 heavy (non-hydrogen) atoms. The van der Waals surface area contributed by atoms with Gasteiger partial charge in [-0.2, -0.15) is 0 Å². The van der Waals surface area contributed by atoms with Gasteiger partial charge in [-0.1, -0.05) is 13.8 Å². The van der Waals surface area contributed by atoms with E-state index >= 15 is 0 Å². The lowest BCUT2D eigenvalue weighted by Crippen LogP contribution is -2.44. The van der Waals surface area contributed by atoms with Gasteiger partial charge < -0.3 is 20.6 Å². The average Bonchev–Trinajstić information content (AvgIpc) is 2.15. The summed E-state index contributed by atoms with van der Waals surface area (Å²) in [6, 6.07) is -0.955. The number of hydrogen-bond donors (Lipinski definition) is 2. The Labute approximate surface area is 103 Å². The number of alkyl carbamates (subject to hydrolysis) is 1. The van der Waals surface area contributed by atoms with Crippen molar-refractivity contribution >= 4 is 12.1 Å². The van der Waals surface area contributed by atoms with E-state index in [9.17, 15) is 9.59 Å². The van der Waals surface area contributed by atoms with Gasteiger partial charge in [0.1, 0.15) is 11.6 Å². The van der Waals surface area contributed by atoms with Crippen LogP contribution >= 0.6 is 0 Å². The molecule has 0 aromatic rings. The molecule has 0 aromatic carbocycles. The molecule has 0 spiro atoms. The highest BCUT2D eigenvalue weighted by Gasteiger charge is 2.24. The summed E-state index contributed by atoms with van der Waals surface area (Å²) in [4.78, 5) is 22.3. The summed E-state index contributed by atoms with van der Waals surface area (Å²) in [5, 5.41) is 11.2. The van der Waals surface area contributed by atoms with Gasteiger partial charge in [-0.15, -0.1) is 0 Å². The van der Waals surface area contributed by atoms with E-state index in [1.54, 1.807) is 13.8 Å². The van der Waals surface area contributed by atoms with E-state index in [1.165, 1.54) is 0 Å². The van der Waals surface area contributed by atoms with Crippen molar-refractivity contribution in [3.05, 3.63) is 0 Å². The predicted octanol–water partition coefficient (Wildman–Crippen LogP) is 1.19. The second-order valence-corrected chi connectivity index (χ2v) is 4.81. The first-order chi connectivity index (χ1) is 7.68. The summed E-state index contributed by atoms with van der Waals surface area (Å²) in [6.07, 6.45) is -0.457. The molecule has 1 amide bonds. The van der Waals surface area contributed by atoms with E-state index in [4.69, 9.17) is 11.2 Å². The van der Waals surface area contributed by atoms with E-state index in [0.717, 1.165) is 0 Å². The van der Waals surface area contributed by atoms with Gasteiger partial charge >= 0.3 is 12.1 Å². The molecule has 1 atom stereocenters. The molecule has 0 saturated carbocycles. The predicted molar refractivity (Wildman–Crippen MR) is 63.9 cm³/mol. The fourth-order valence-electron chi connectivity index (χ4n) is 1.12. The van der Waals surface area contributed by atoms with Gasteiger partial charge in [0.25, 0.3) is 0 Å². The van der Waals surface area contributed by atoms with Crippen LogP contribution in [0.4, 0.5) is 4.79 Å². The zero-order chi connectivity index (χ0) is 13.6. The van der Waals surface area contributed by atoms with Gasteiger partial charge in [-0.25, -0.2) is 9.59 Å². The highest BCUT2D eigenvalue weighted by molar-refractivity contribution is 5.79. The quantitative estimate of drug-likeness (QED) is 0.781. The third-order valence-corrected chi connectivity index (χ3v) is 1.67. The van der Waals surface area contributed by atoms with Crippen molar-refractivity contribution < 1.29 is 26.3 Å². The number of carboxylic acids is 1. The molecule has 0 radical (unpaired) electrons. The van der Waals surface area contributed by atoms with Crippen LogP contribution in [0.25, 0.3) is 0 Å². The van der Waals surface area contributed by atoms with Crippen LogP contribution < -0.4 is 5.32 Å². The van der Waals surface area contributed by atoms with Crippen molar-refractivity contribution in [2.45, 2.75) is 52.7 Å². The van der Waals surface area contributed by atoms with E-state index in [1.807, 2.05) is 13.8 Å². The summed E-state index contributed by atoms with van der Waals surface area (Å²) in [5.74, 6) is -0.931. The lowest BCUT2D eigenvalue weighted by atomic mass is 10.0. The molecule has 6 nitrogen and oxygen atoms in total. The Balaban J connectivity index is 0. The lowest BCUT2D eigenvalue weighted by molar-refractivity contribution is -0.139. The van der Waals surface area contributed by atoms with Crippen LogP contribution in [0.2, 0.25) is 0 Å². The van der Waals surface area contributed by atoms with E-state index < -0.39 is 23.7 Å². The number of carboxylic acid groups (broad SMARTS) is 1. The molecule has 0 bridgehead atoms. The number of carbonyl (C=O) groups excluding carboxylic acids is 1. The zero-order valence-electron chi connectivity index (χ0n) is 11.7. The highest BCUT2D eigenvalue weighted by Crippen LogP contribution is 2.09. The summed E-state index contributed by atoms with van der Waals surface area (Å²) >= 11 is 0. The minimum atomic E-state index is -1.08. The molecular formula is C11H23NO5. The van der Waals surface area contributed by atoms with Crippen LogP contribution in [0.15, 0.2) is 0 Å². The van der Waals surface area contributed by atoms with Crippen molar-refractivity contribution in [1.29, 1.82) is 0 Å². The Morgan fingerprint density at radius 2 is 2.00 bits per heavy atom. The zero-order valence-corrected chi connectivity index (χ0v) is 10.7. The van der Waals surface area contributed by atoms with Crippen molar-refractivity contribution in [2.75, 3.05) is 0 Å². The number of carbonyl (C=O) groups is 2. The molecule has 0 heterocycles. The molecule has 0 aliphatic rings. The van der Waals surface area contributed by atoms with Gasteiger partial charge in [-0.3, -0.25) is 0 Å². The summed E-state index contributed by atoms with van der Waals surface area (Å²) in [7, 11) is 0. The van der Waals surface area contributed by atoms with E-state index in [2.05, 4.69) is 5.32 Å². The van der Waals surface area contributed by atoms with Crippen LogP contribution in [0, 0.1) is 5.92 Å². The van der Waals surface area contributed by atoms with Crippen molar-refractivity contribution in [1.82, 2.24) is 5.32 Å². The smallest absolute Gasteiger partial charge is 0.408 e. The van der Waals surface area contributed by atoms with E-state index in [-0.39, 0.29) is 18.3 Å². The van der Waals surface area contributed by atoms with Crippen molar-refractivity contribution in [3.63, 3.8) is 0 Å². The highest BCUT2D eigenvalue weighted by atomic mass is 16.6. The normalized spacial score (nSPS) is 13.4. The Morgan fingerprint density at radius 1 is 1.47 bits per heavy atom. The van der Waals surface area contributed by atoms with Crippen molar-refractivity contribution in [3.8, 4) is 0 Å². The molecule has 0 unspecified atom stereocenters. The molecular weight excluding hydrogens is 226 g/mol. The fraction of sp³-hybridized carbons (Fsp3) is 0.818. The minimum absolute atomic E-state index is 0. The van der Waals surface area contributed by atoms with Crippen LogP contribution in [-0.4, -0.2) is 34.3 Å². The molecule has 0 aromatic heterocycles. The Morgan fingerprint density at radius 3 is 2.35 bits per heavy atom. The van der Waals surface area contributed by atoms with E-state index in [0.29, 0.717) is 6.42 Å². The summed E-state index contributed by atoms with van der Waals surface area (Å²) in [6.45, 7) is 6.85. The second-order valence-electron chi connectivity index (χ2n) is 4.81. The van der Waals surface area contributed by atoms with Crippen LogP contribution in [0.5, 0.6) is 0 Å². The average molecular weight is 250 g/mol. The first-order valence-electron chi connectivity index (χ1n) is 5.90. The molecule has 0 rings (SSSR count). The number of hydrogen-bond acceptors (Lipinski definition) is 3. The number of rotatable bonds is 4. The Hall–Kier alpha value is -1.30. The van der Waals surface area contributed by atoms with Crippen LogP contribution in [0.1, 0.15) is 42.4 Å². The summed E-state index contributed by atoms with van der Waals surface area (Å²) < 4.78 is 12.1. The fourth-order valence-corrected chi connectivity index (χ4v) is 1.12. The number of ether oxygens (including phenoxy) is 1.